The van der Waals surface area contributed by atoms with Crippen molar-refractivity contribution in [1.82, 2.24) is 14.7 Å². The van der Waals surface area contributed by atoms with Crippen LogP contribution in [0, 0.1) is 0 Å². The number of nitrogens with one attached hydrogen (secondary N) is 1. The summed E-state index contributed by atoms with van der Waals surface area (Å²) in [6.45, 7) is 2.02. The highest BCUT2D eigenvalue weighted by Gasteiger charge is 2.17. The van der Waals surface area contributed by atoms with Crippen LogP contribution in [-0.4, -0.2) is 23.0 Å². The topological polar surface area (TPSA) is 38.6 Å². The van der Waals surface area contributed by atoms with Gasteiger partial charge >= 0.3 is 0 Å². The summed E-state index contributed by atoms with van der Waals surface area (Å²) in [4.78, 5) is 7.25. The zero-order chi connectivity index (χ0) is 13.5. The number of rotatable bonds is 2. The Labute approximate surface area is 121 Å². The first-order valence-electron chi connectivity index (χ1n) is 6.70. The summed E-state index contributed by atoms with van der Waals surface area (Å²) >= 11 is 1.78. The van der Waals surface area contributed by atoms with Crippen LogP contribution in [0.25, 0.3) is 16.2 Å². The second-order valence-corrected chi connectivity index (χ2v) is 5.97. The number of hydrogen-bond donors (Lipinski definition) is 1. The normalized spacial score (nSPS) is 14.4. The van der Waals surface area contributed by atoms with Gasteiger partial charge in [-0.1, -0.05) is 23.5 Å². The number of hydrogen-bond acceptors (Lipinski definition) is 4. The fraction of sp³-hybridized carbons (Fsp3) is 0.267. The Balaban J connectivity index is 1.82. The van der Waals surface area contributed by atoms with Crippen molar-refractivity contribution in [2.45, 2.75) is 13.0 Å². The molecule has 0 atom stereocenters. The number of methoxy groups -OCH3 is 1. The van der Waals surface area contributed by atoms with E-state index in [9.17, 15) is 0 Å². The molecule has 102 valence electrons. The van der Waals surface area contributed by atoms with Crippen LogP contribution < -0.4 is 10.1 Å². The molecule has 1 aliphatic heterocycles. The number of fused-ring (bicyclic) bond motifs is 3. The van der Waals surface area contributed by atoms with Gasteiger partial charge in [0.25, 0.3) is 0 Å². The molecule has 0 aliphatic carbocycles. The van der Waals surface area contributed by atoms with Gasteiger partial charge < -0.3 is 10.1 Å². The highest BCUT2D eigenvalue weighted by atomic mass is 32.1. The van der Waals surface area contributed by atoms with Gasteiger partial charge in [0.1, 0.15) is 5.75 Å². The van der Waals surface area contributed by atoms with Crippen molar-refractivity contribution in [3.8, 4) is 17.0 Å². The maximum Gasteiger partial charge on any atom is 0.194 e. The van der Waals surface area contributed by atoms with Crippen molar-refractivity contribution in [2.75, 3.05) is 13.7 Å². The van der Waals surface area contributed by atoms with Crippen LogP contribution in [0.2, 0.25) is 0 Å². The van der Waals surface area contributed by atoms with Crippen molar-refractivity contribution < 1.29 is 4.74 Å². The Morgan fingerprint density at radius 3 is 3.25 bits per heavy atom. The molecular formula is C15H15N3OS. The molecule has 0 radical (unpaired) electrons. The van der Waals surface area contributed by atoms with E-state index < -0.39 is 0 Å². The molecule has 4 nitrogen and oxygen atoms in total. The van der Waals surface area contributed by atoms with Gasteiger partial charge in [0.2, 0.25) is 0 Å². The molecule has 0 saturated heterocycles. The van der Waals surface area contributed by atoms with Crippen LogP contribution in [0.15, 0.2) is 30.5 Å². The zero-order valence-electron chi connectivity index (χ0n) is 11.2. The maximum atomic E-state index is 5.28. The number of imidazole rings is 1. The van der Waals surface area contributed by atoms with E-state index in [2.05, 4.69) is 22.0 Å². The van der Waals surface area contributed by atoms with Crippen LogP contribution in [0.1, 0.15) is 10.6 Å². The van der Waals surface area contributed by atoms with Crippen LogP contribution in [0.5, 0.6) is 5.75 Å². The van der Waals surface area contributed by atoms with Gasteiger partial charge in [0.15, 0.2) is 4.96 Å². The molecule has 0 unspecified atom stereocenters. The van der Waals surface area contributed by atoms with E-state index in [1.807, 2.05) is 18.2 Å². The number of benzene rings is 1. The van der Waals surface area contributed by atoms with E-state index in [1.54, 1.807) is 18.4 Å². The standard InChI is InChI=1S/C15H15N3OS/c1-19-11-4-2-3-10(7-11)12-9-18-13-5-6-16-8-14(13)20-15(18)17-12/h2-4,7,9,16H,5-6,8H2,1H3. The van der Waals surface area contributed by atoms with Crippen LogP contribution >= 0.6 is 11.3 Å². The first-order valence-corrected chi connectivity index (χ1v) is 7.51. The number of ether oxygens (including phenoxy) is 1. The van der Waals surface area contributed by atoms with Crippen molar-refractivity contribution >= 4 is 16.3 Å². The predicted molar refractivity (Wildman–Crippen MR) is 80.5 cm³/mol. The first kappa shape index (κ1) is 11.9. The molecule has 0 saturated carbocycles. The molecule has 2 aromatic heterocycles. The molecule has 4 rings (SSSR count). The van der Waals surface area contributed by atoms with Gasteiger partial charge in [-0.15, -0.1) is 0 Å². The van der Waals surface area contributed by atoms with E-state index in [0.717, 1.165) is 41.5 Å². The molecule has 5 heteroatoms. The molecule has 0 bridgehead atoms. The SMILES string of the molecule is COc1cccc(-c2cn3c4c(sc3n2)CNCC4)c1. The van der Waals surface area contributed by atoms with E-state index in [-0.39, 0.29) is 0 Å². The first-order chi connectivity index (χ1) is 9.85. The van der Waals surface area contributed by atoms with E-state index >= 15 is 0 Å². The van der Waals surface area contributed by atoms with Gasteiger partial charge in [-0.3, -0.25) is 4.40 Å². The lowest BCUT2D eigenvalue weighted by Crippen LogP contribution is -2.23. The van der Waals surface area contributed by atoms with Crippen molar-refractivity contribution in [3.05, 3.63) is 41.0 Å². The fourth-order valence-corrected chi connectivity index (χ4v) is 3.78. The number of thiazole rings is 1. The van der Waals surface area contributed by atoms with E-state index in [4.69, 9.17) is 9.72 Å². The van der Waals surface area contributed by atoms with Crippen LogP contribution in [0.3, 0.4) is 0 Å². The van der Waals surface area contributed by atoms with Gasteiger partial charge in [-0.25, -0.2) is 4.98 Å². The van der Waals surface area contributed by atoms with Crippen LogP contribution in [0.4, 0.5) is 0 Å². The minimum absolute atomic E-state index is 0.866. The molecular weight excluding hydrogens is 270 g/mol. The molecule has 1 aromatic carbocycles. The Bertz CT molecular complexity index is 775. The fourth-order valence-electron chi connectivity index (χ4n) is 2.66. The molecule has 0 amide bonds. The second kappa shape index (κ2) is 4.61. The lowest BCUT2D eigenvalue weighted by molar-refractivity contribution is 0.415. The molecule has 3 heterocycles. The van der Waals surface area contributed by atoms with E-state index in [0.29, 0.717) is 0 Å². The predicted octanol–water partition coefficient (Wildman–Crippen LogP) is 2.72. The summed E-state index contributed by atoms with van der Waals surface area (Å²) in [6.07, 6.45) is 3.22. The smallest absolute Gasteiger partial charge is 0.194 e. The zero-order valence-corrected chi connectivity index (χ0v) is 12.0. The Kier molecular flexibility index (Phi) is 2.75. The monoisotopic (exact) mass is 285 g/mol. The minimum Gasteiger partial charge on any atom is -0.497 e. The lowest BCUT2D eigenvalue weighted by Gasteiger charge is -2.11. The number of aromatic nitrogens is 2. The maximum absolute atomic E-state index is 5.28. The summed E-state index contributed by atoms with van der Waals surface area (Å²) in [5, 5.41) is 3.41. The van der Waals surface area contributed by atoms with Gasteiger partial charge in [0, 0.05) is 41.8 Å². The quantitative estimate of drug-likeness (QED) is 0.787. The third-order valence-electron chi connectivity index (χ3n) is 3.69. The number of nitrogens with zero attached hydrogens (tertiary/aromatic N) is 2. The molecule has 1 aliphatic rings. The Morgan fingerprint density at radius 2 is 2.35 bits per heavy atom. The lowest BCUT2D eigenvalue weighted by atomic mass is 10.1. The average molecular weight is 285 g/mol. The molecule has 20 heavy (non-hydrogen) atoms. The molecule has 1 N–H and O–H groups in total. The summed E-state index contributed by atoms with van der Waals surface area (Å²) < 4.78 is 7.53. The molecule has 0 spiro atoms. The minimum atomic E-state index is 0.866. The second-order valence-electron chi connectivity index (χ2n) is 4.91. The summed E-state index contributed by atoms with van der Waals surface area (Å²) in [5.74, 6) is 0.866. The van der Waals surface area contributed by atoms with Gasteiger partial charge in [-0.2, -0.15) is 0 Å². The highest BCUT2D eigenvalue weighted by Crippen LogP contribution is 2.30. The van der Waals surface area contributed by atoms with E-state index in [1.165, 1.54) is 10.6 Å². The van der Waals surface area contributed by atoms with Gasteiger partial charge in [-0.05, 0) is 12.1 Å². The Morgan fingerprint density at radius 1 is 1.40 bits per heavy atom. The molecule has 3 aromatic rings. The summed E-state index contributed by atoms with van der Waals surface area (Å²) in [6, 6.07) is 8.06. The third-order valence-corrected chi connectivity index (χ3v) is 4.79. The van der Waals surface area contributed by atoms with Crippen molar-refractivity contribution in [1.29, 1.82) is 0 Å². The third kappa shape index (κ3) is 1.82. The average Bonchev–Trinajstić information content (AvgIpc) is 3.05. The van der Waals surface area contributed by atoms with Crippen molar-refractivity contribution in [2.24, 2.45) is 0 Å². The Hall–Kier alpha value is -1.85. The summed E-state index contributed by atoms with van der Waals surface area (Å²) in [7, 11) is 1.69. The van der Waals surface area contributed by atoms with Crippen LogP contribution in [-0.2, 0) is 13.0 Å². The largest absolute Gasteiger partial charge is 0.497 e. The van der Waals surface area contributed by atoms with Gasteiger partial charge in [0.05, 0.1) is 12.8 Å². The van der Waals surface area contributed by atoms with Crippen molar-refractivity contribution in [3.63, 3.8) is 0 Å². The highest BCUT2D eigenvalue weighted by molar-refractivity contribution is 7.17. The summed E-state index contributed by atoms with van der Waals surface area (Å²) in [5.41, 5.74) is 3.52. The molecule has 0 fully saturated rings.